The average Bonchev–Trinajstić information content (AvgIpc) is 2.54. The Hall–Kier alpha value is -2.36. The number of rotatable bonds is 5. The molecule has 0 spiro atoms. The number of aliphatic carboxylic acids is 1. The highest BCUT2D eigenvalue weighted by Crippen LogP contribution is 2.13. The van der Waals surface area contributed by atoms with Crippen molar-refractivity contribution in [3.05, 3.63) is 17.0 Å². The highest BCUT2D eigenvalue weighted by Gasteiger charge is 2.15. The van der Waals surface area contributed by atoms with Gasteiger partial charge in [0.2, 0.25) is 5.91 Å². The summed E-state index contributed by atoms with van der Waals surface area (Å²) >= 11 is 0. The third-order valence-electron chi connectivity index (χ3n) is 2.52. The van der Waals surface area contributed by atoms with E-state index in [0.717, 1.165) is 0 Å². The summed E-state index contributed by atoms with van der Waals surface area (Å²) in [7, 11) is 0. The summed E-state index contributed by atoms with van der Waals surface area (Å²) in [6.45, 7) is 3.35. The van der Waals surface area contributed by atoms with E-state index >= 15 is 0 Å². The Morgan fingerprint density at radius 1 is 1.50 bits per heavy atom. The van der Waals surface area contributed by atoms with E-state index in [-0.39, 0.29) is 25.4 Å². The zero-order valence-corrected chi connectivity index (χ0v) is 10.2. The number of aryl methyl sites for hydroxylation is 1. The lowest BCUT2D eigenvalue weighted by atomic mass is 10.1. The van der Waals surface area contributed by atoms with Crippen LogP contribution in [0.1, 0.15) is 17.0 Å². The Labute approximate surface area is 104 Å². The van der Waals surface area contributed by atoms with Gasteiger partial charge in [-0.1, -0.05) is 0 Å². The van der Waals surface area contributed by atoms with Crippen molar-refractivity contribution in [2.24, 2.45) is 0 Å². The third-order valence-corrected chi connectivity index (χ3v) is 2.52. The number of carbonyl (C=O) groups is 2. The van der Waals surface area contributed by atoms with E-state index in [0.29, 0.717) is 17.0 Å². The molecule has 0 aliphatic rings. The monoisotopic (exact) mass is 250 g/mol. The molecule has 0 bridgehead atoms. The van der Waals surface area contributed by atoms with Gasteiger partial charge in [-0.25, -0.2) is 0 Å². The smallest absolute Gasteiger partial charge is 0.307 e. The van der Waals surface area contributed by atoms with Gasteiger partial charge in [-0.3, -0.25) is 14.3 Å². The Kier molecular flexibility index (Phi) is 4.43. The van der Waals surface area contributed by atoms with Crippen molar-refractivity contribution in [2.75, 3.05) is 6.54 Å². The number of carboxylic acid groups (broad SMARTS) is 1. The van der Waals surface area contributed by atoms with E-state index in [9.17, 15) is 9.59 Å². The third kappa shape index (κ3) is 3.31. The van der Waals surface area contributed by atoms with E-state index < -0.39 is 5.97 Å². The highest BCUT2D eigenvalue weighted by atomic mass is 16.4. The molecule has 0 saturated carbocycles. The molecular weight excluding hydrogens is 236 g/mol. The molecule has 1 aromatic rings. The molecule has 1 heterocycles. The van der Waals surface area contributed by atoms with Crippen molar-refractivity contribution < 1.29 is 14.7 Å². The molecule has 96 valence electrons. The maximum atomic E-state index is 11.4. The van der Waals surface area contributed by atoms with E-state index in [1.54, 1.807) is 19.9 Å². The lowest BCUT2D eigenvalue weighted by Crippen LogP contribution is -2.28. The molecule has 1 amide bonds. The molecule has 7 heteroatoms. The zero-order valence-electron chi connectivity index (χ0n) is 10.2. The van der Waals surface area contributed by atoms with Crippen LogP contribution in [0, 0.1) is 25.2 Å². The van der Waals surface area contributed by atoms with Crippen molar-refractivity contribution in [2.45, 2.75) is 26.8 Å². The van der Waals surface area contributed by atoms with Crippen LogP contribution in [0.3, 0.4) is 0 Å². The second-order valence-corrected chi connectivity index (χ2v) is 3.81. The minimum atomic E-state index is -0.935. The minimum absolute atomic E-state index is 0.0199. The summed E-state index contributed by atoms with van der Waals surface area (Å²) in [4.78, 5) is 22.1. The molecule has 1 aromatic heterocycles. The first-order valence-corrected chi connectivity index (χ1v) is 5.34. The van der Waals surface area contributed by atoms with Gasteiger partial charge in [0, 0.05) is 11.3 Å². The van der Waals surface area contributed by atoms with Crippen molar-refractivity contribution in [3.8, 4) is 6.07 Å². The summed E-state index contributed by atoms with van der Waals surface area (Å²) < 4.78 is 1.44. The molecule has 0 aliphatic carbocycles. The molecule has 0 radical (unpaired) electrons. The van der Waals surface area contributed by atoms with Gasteiger partial charge in [0.15, 0.2) is 0 Å². The van der Waals surface area contributed by atoms with Crippen LogP contribution in [0.2, 0.25) is 0 Å². The van der Waals surface area contributed by atoms with Crippen molar-refractivity contribution in [1.29, 1.82) is 5.26 Å². The first-order valence-electron chi connectivity index (χ1n) is 5.34. The van der Waals surface area contributed by atoms with Crippen LogP contribution in [0.4, 0.5) is 0 Å². The number of hydrogen-bond acceptors (Lipinski definition) is 4. The van der Waals surface area contributed by atoms with E-state index in [1.165, 1.54) is 4.68 Å². The Balaban J connectivity index is 2.82. The molecule has 18 heavy (non-hydrogen) atoms. The fourth-order valence-corrected chi connectivity index (χ4v) is 1.63. The first kappa shape index (κ1) is 13.7. The van der Waals surface area contributed by atoms with Gasteiger partial charge in [-0.05, 0) is 13.8 Å². The zero-order chi connectivity index (χ0) is 13.7. The quantitative estimate of drug-likeness (QED) is 0.701. The molecule has 0 atom stereocenters. The van der Waals surface area contributed by atoms with Crippen LogP contribution in [0.25, 0.3) is 0 Å². The number of aromatic nitrogens is 2. The maximum absolute atomic E-state index is 11.4. The van der Waals surface area contributed by atoms with E-state index in [1.807, 2.05) is 0 Å². The predicted molar refractivity (Wildman–Crippen MR) is 61.7 cm³/mol. The second-order valence-electron chi connectivity index (χ2n) is 3.81. The van der Waals surface area contributed by atoms with Gasteiger partial charge in [0.25, 0.3) is 0 Å². The fraction of sp³-hybridized carbons (Fsp3) is 0.455. The Morgan fingerprint density at radius 3 is 2.72 bits per heavy atom. The number of nitriles is 1. The van der Waals surface area contributed by atoms with Crippen LogP contribution in [0.15, 0.2) is 0 Å². The van der Waals surface area contributed by atoms with Crippen molar-refractivity contribution in [1.82, 2.24) is 15.1 Å². The average molecular weight is 250 g/mol. The number of nitrogens with one attached hydrogen (secondary N) is 1. The molecule has 0 fully saturated rings. The van der Waals surface area contributed by atoms with Crippen LogP contribution in [-0.2, 0) is 22.6 Å². The first-order chi connectivity index (χ1) is 8.45. The number of carbonyl (C=O) groups excluding carboxylic acids is 1. The van der Waals surface area contributed by atoms with Gasteiger partial charge in [0.1, 0.15) is 13.1 Å². The predicted octanol–water partition coefficient (Wildman–Crippen LogP) is -0.233. The Bertz CT molecular complexity index is 513. The van der Waals surface area contributed by atoms with Crippen LogP contribution in [0.5, 0.6) is 0 Å². The van der Waals surface area contributed by atoms with Gasteiger partial charge in [-0.15, -0.1) is 0 Å². The van der Waals surface area contributed by atoms with Gasteiger partial charge in [-0.2, -0.15) is 10.4 Å². The van der Waals surface area contributed by atoms with Crippen molar-refractivity contribution in [3.63, 3.8) is 0 Å². The number of carboxylic acids is 1. The summed E-state index contributed by atoms with van der Waals surface area (Å²) in [5.74, 6) is -1.27. The molecule has 1 rings (SSSR count). The SMILES string of the molecule is Cc1nn(CC(=O)NCC#N)c(C)c1CC(=O)O. The summed E-state index contributed by atoms with van der Waals surface area (Å²) in [5, 5.41) is 23.6. The molecule has 0 unspecified atom stereocenters. The topological polar surface area (TPSA) is 108 Å². The molecule has 2 N–H and O–H groups in total. The lowest BCUT2D eigenvalue weighted by molar-refractivity contribution is -0.136. The second kappa shape index (κ2) is 5.82. The Morgan fingerprint density at radius 2 is 2.17 bits per heavy atom. The summed E-state index contributed by atoms with van der Waals surface area (Å²) in [5.41, 5.74) is 1.88. The molecule has 0 aliphatic heterocycles. The number of nitrogens with zero attached hydrogens (tertiary/aromatic N) is 3. The van der Waals surface area contributed by atoms with E-state index in [4.69, 9.17) is 10.4 Å². The van der Waals surface area contributed by atoms with E-state index in [2.05, 4.69) is 10.4 Å². The minimum Gasteiger partial charge on any atom is -0.481 e. The van der Waals surface area contributed by atoms with Crippen LogP contribution >= 0.6 is 0 Å². The standard InChI is InChI=1S/C11H14N4O3/c1-7-9(5-11(17)18)8(2)15(14-7)6-10(16)13-4-3-12/h4-6H2,1-2H3,(H,13,16)(H,17,18). The largest absolute Gasteiger partial charge is 0.481 e. The maximum Gasteiger partial charge on any atom is 0.307 e. The highest BCUT2D eigenvalue weighted by molar-refractivity contribution is 5.76. The number of amides is 1. The molecular formula is C11H14N4O3. The fourth-order valence-electron chi connectivity index (χ4n) is 1.63. The molecule has 7 nitrogen and oxygen atoms in total. The van der Waals surface area contributed by atoms with Crippen molar-refractivity contribution >= 4 is 11.9 Å². The van der Waals surface area contributed by atoms with Gasteiger partial charge in [0.05, 0.1) is 18.2 Å². The summed E-state index contributed by atoms with van der Waals surface area (Å²) in [6, 6.07) is 1.80. The van der Waals surface area contributed by atoms with Gasteiger partial charge >= 0.3 is 5.97 Å². The summed E-state index contributed by atoms with van der Waals surface area (Å²) in [6.07, 6.45) is -0.114. The molecule has 0 saturated heterocycles. The molecule has 0 aromatic carbocycles. The van der Waals surface area contributed by atoms with Gasteiger partial charge < -0.3 is 10.4 Å². The van der Waals surface area contributed by atoms with Crippen LogP contribution in [-0.4, -0.2) is 33.3 Å². The van der Waals surface area contributed by atoms with Crippen LogP contribution < -0.4 is 5.32 Å². The normalized spacial score (nSPS) is 9.83. The number of hydrogen-bond donors (Lipinski definition) is 2. The lowest BCUT2D eigenvalue weighted by Gasteiger charge is -2.04.